The van der Waals surface area contributed by atoms with Crippen molar-refractivity contribution in [3.05, 3.63) is 68.1 Å². The van der Waals surface area contributed by atoms with E-state index in [0.717, 1.165) is 4.47 Å². The van der Waals surface area contributed by atoms with Gasteiger partial charge in [-0.15, -0.1) is 0 Å². The van der Waals surface area contributed by atoms with Gasteiger partial charge in [0.2, 0.25) is 0 Å². The summed E-state index contributed by atoms with van der Waals surface area (Å²) >= 11 is 7.15. The third kappa shape index (κ3) is 2.17. The van der Waals surface area contributed by atoms with E-state index in [1.54, 1.807) is 0 Å². The Hall–Kier alpha value is -0.600. The molecule has 3 rings (SSSR count). The van der Waals surface area contributed by atoms with Crippen LogP contribution in [0.25, 0.3) is 0 Å². The molecule has 1 aliphatic rings. The first kappa shape index (κ1) is 14.3. The molecule has 0 heterocycles. The number of rotatable bonds is 1. The monoisotopic (exact) mass is 392 g/mol. The van der Waals surface area contributed by atoms with Gasteiger partial charge in [0.1, 0.15) is 0 Å². The molecule has 0 aliphatic heterocycles. The largest absolute Gasteiger partial charge is 0.0578 e. The summed E-state index contributed by atoms with van der Waals surface area (Å²) in [6.45, 7) is 7.09. The number of hydrogen-bond donors (Lipinski definition) is 0. The van der Waals surface area contributed by atoms with Crippen molar-refractivity contribution in [2.24, 2.45) is 0 Å². The van der Waals surface area contributed by atoms with E-state index >= 15 is 0 Å². The molecule has 0 amide bonds. The molecule has 0 radical (unpaired) electrons. The van der Waals surface area contributed by atoms with Gasteiger partial charge in [-0.3, -0.25) is 0 Å². The third-order valence-electron chi connectivity index (χ3n) is 4.71. The van der Waals surface area contributed by atoms with Crippen molar-refractivity contribution in [2.45, 2.75) is 38.0 Å². The van der Waals surface area contributed by atoms with Crippen molar-refractivity contribution in [1.29, 1.82) is 0 Å². The minimum Gasteiger partial charge on any atom is -0.0578 e. The molecule has 0 spiro atoms. The topological polar surface area (TPSA) is 0 Å². The van der Waals surface area contributed by atoms with Gasteiger partial charge in [-0.1, -0.05) is 70.8 Å². The lowest BCUT2D eigenvalue weighted by Gasteiger charge is -2.31. The van der Waals surface area contributed by atoms with Gasteiger partial charge in [0.25, 0.3) is 0 Å². The van der Waals surface area contributed by atoms with Crippen LogP contribution in [0.15, 0.2) is 51.4 Å². The Bertz CT molecular complexity index is 641. The summed E-state index contributed by atoms with van der Waals surface area (Å²) in [6.07, 6.45) is 0. The van der Waals surface area contributed by atoms with E-state index < -0.39 is 0 Å². The molecule has 0 fully saturated rings. The van der Waals surface area contributed by atoms with E-state index in [-0.39, 0.29) is 5.41 Å². The van der Waals surface area contributed by atoms with Crippen LogP contribution in [0.4, 0.5) is 0 Å². The standard InChI is InChI=1S/C18H18Br2/c1-11-15-9-8-14(20)10-16(15)18(2,3)17(11)12-4-6-13(19)7-5-12/h4-11,17H,1-3H3. The average molecular weight is 394 g/mol. The highest BCUT2D eigenvalue weighted by Crippen LogP contribution is 2.55. The molecule has 1 aliphatic carbocycles. The van der Waals surface area contributed by atoms with Crippen LogP contribution in [0.3, 0.4) is 0 Å². The molecule has 0 saturated carbocycles. The number of halogens is 2. The normalized spacial score (nSPS) is 23.6. The Morgan fingerprint density at radius 2 is 1.50 bits per heavy atom. The first-order valence-electron chi connectivity index (χ1n) is 6.96. The van der Waals surface area contributed by atoms with Crippen molar-refractivity contribution in [3.8, 4) is 0 Å². The fourth-order valence-electron chi connectivity index (χ4n) is 3.83. The summed E-state index contributed by atoms with van der Waals surface area (Å²) in [4.78, 5) is 0. The van der Waals surface area contributed by atoms with Crippen LogP contribution in [0.2, 0.25) is 0 Å². The van der Waals surface area contributed by atoms with Gasteiger partial charge in [0, 0.05) is 8.95 Å². The van der Waals surface area contributed by atoms with Crippen molar-refractivity contribution in [1.82, 2.24) is 0 Å². The minimum absolute atomic E-state index is 0.159. The fraction of sp³-hybridized carbons (Fsp3) is 0.333. The summed E-state index contributed by atoms with van der Waals surface area (Å²) in [5, 5.41) is 0. The van der Waals surface area contributed by atoms with Gasteiger partial charge < -0.3 is 0 Å². The van der Waals surface area contributed by atoms with E-state index in [0.29, 0.717) is 11.8 Å². The Morgan fingerprint density at radius 1 is 0.900 bits per heavy atom. The van der Waals surface area contributed by atoms with Crippen LogP contribution >= 0.6 is 31.9 Å². The second-order valence-electron chi connectivity index (χ2n) is 6.27. The van der Waals surface area contributed by atoms with Crippen LogP contribution in [-0.2, 0) is 5.41 Å². The maximum Gasteiger partial charge on any atom is 0.0178 e. The van der Waals surface area contributed by atoms with Gasteiger partial charge in [-0.2, -0.15) is 0 Å². The van der Waals surface area contributed by atoms with Gasteiger partial charge in [0.05, 0.1) is 0 Å². The predicted molar refractivity (Wildman–Crippen MR) is 92.5 cm³/mol. The molecule has 0 saturated heterocycles. The number of benzene rings is 2. The zero-order chi connectivity index (χ0) is 14.5. The molecule has 2 aromatic carbocycles. The summed E-state index contributed by atoms with van der Waals surface area (Å²) in [5.41, 5.74) is 4.56. The highest BCUT2D eigenvalue weighted by atomic mass is 79.9. The first-order chi connectivity index (χ1) is 9.41. The molecule has 2 atom stereocenters. The summed E-state index contributed by atoms with van der Waals surface area (Å²) in [7, 11) is 0. The van der Waals surface area contributed by atoms with Gasteiger partial charge in [0.15, 0.2) is 0 Å². The molecule has 2 unspecified atom stereocenters. The lowest BCUT2D eigenvalue weighted by atomic mass is 9.72. The zero-order valence-corrected chi connectivity index (χ0v) is 15.1. The quantitative estimate of drug-likeness (QED) is 0.526. The van der Waals surface area contributed by atoms with Crippen LogP contribution in [0.1, 0.15) is 49.3 Å². The molecule has 0 aromatic heterocycles. The highest BCUT2D eigenvalue weighted by molar-refractivity contribution is 9.10. The molecule has 2 heteroatoms. The summed E-state index contributed by atoms with van der Waals surface area (Å²) in [6, 6.07) is 15.6. The van der Waals surface area contributed by atoms with E-state index in [1.807, 2.05) is 0 Å². The third-order valence-corrected chi connectivity index (χ3v) is 5.73. The van der Waals surface area contributed by atoms with E-state index in [4.69, 9.17) is 0 Å². The van der Waals surface area contributed by atoms with Gasteiger partial charge in [-0.25, -0.2) is 0 Å². The number of fused-ring (bicyclic) bond motifs is 1. The Labute approximate surface area is 137 Å². The van der Waals surface area contributed by atoms with Crippen LogP contribution in [0, 0.1) is 0 Å². The Morgan fingerprint density at radius 3 is 2.15 bits per heavy atom. The number of hydrogen-bond acceptors (Lipinski definition) is 0. The van der Waals surface area contributed by atoms with Gasteiger partial charge >= 0.3 is 0 Å². The van der Waals surface area contributed by atoms with Crippen molar-refractivity contribution in [3.63, 3.8) is 0 Å². The van der Waals surface area contributed by atoms with Crippen molar-refractivity contribution in [2.75, 3.05) is 0 Å². The molecular weight excluding hydrogens is 376 g/mol. The van der Waals surface area contributed by atoms with Crippen molar-refractivity contribution >= 4 is 31.9 Å². The van der Waals surface area contributed by atoms with Crippen LogP contribution in [0.5, 0.6) is 0 Å². The van der Waals surface area contributed by atoms with Crippen LogP contribution < -0.4 is 0 Å². The Kier molecular flexibility index (Phi) is 3.58. The molecule has 0 N–H and O–H groups in total. The maximum atomic E-state index is 3.62. The SMILES string of the molecule is CC1c2ccc(Br)cc2C(C)(C)C1c1ccc(Br)cc1. The minimum atomic E-state index is 0.159. The fourth-order valence-corrected chi connectivity index (χ4v) is 4.46. The van der Waals surface area contributed by atoms with E-state index in [2.05, 4.69) is 95.1 Å². The lowest BCUT2D eigenvalue weighted by molar-refractivity contribution is 0.411. The van der Waals surface area contributed by atoms with E-state index in [9.17, 15) is 0 Å². The lowest BCUT2D eigenvalue weighted by Crippen LogP contribution is -2.23. The van der Waals surface area contributed by atoms with Gasteiger partial charge in [-0.05, 0) is 58.2 Å². The molecule has 0 nitrogen and oxygen atoms in total. The van der Waals surface area contributed by atoms with Crippen LogP contribution in [-0.4, -0.2) is 0 Å². The molecule has 0 bridgehead atoms. The second-order valence-corrected chi connectivity index (χ2v) is 8.10. The molecule has 2 aromatic rings. The zero-order valence-electron chi connectivity index (χ0n) is 12.0. The second kappa shape index (κ2) is 4.99. The summed E-state index contributed by atoms with van der Waals surface area (Å²) in [5.74, 6) is 1.08. The summed E-state index contributed by atoms with van der Waals surface area (Å²) < 4.78 is 2.32. The average Bonchev–Trinajstić information content (AvgIpc) is 2.59. The molecular formula is C18H18Br2. The van der Waals surface area contributed by atoms with Crippen molar-refractivity contribution < 1.29 is 0 Å². The predicted octanol–water partition coefficient (Wildman–Crippen LogP) is 6.39. The molecule has 20 heavy (non-hydrogen) atoms. The van der Waals surface area contributed by atoms with E-state index in [1.165, 1.54) is 21.2 Å². The first-order valence-corrected chi connectivity index (χ1v) is 8.55. The maximum absolute atomic E-state index is 3.62. The smallest absolute Gasteiger partial charge is 0.0178 e. The molecule has 104 valence electrons. The highest BCUT2D eigenvalue weighted by Gasteiger charge is 2.44. The Balaban J connectivity index is 2.13.